The van der Waals surface area contributed by atoms with Crippen LogP contribution in [0.5, 0.6) is 0 Å². The molecule has 0 aliphatic heterocycles. The number of benzene rings is 2. The van der Waals surface area contributed by atoms with Crippen molar-refractivity contribution < 1.29 is 0 Å². The lowest BCUT2D eigenvalue weighted by molar-refractivity contribution is 0.650. The van der Waals surface area contributed by atoms with Gasteiger partial charge in [0.1, 0.15) is 0 Å². The van der Waals surface area contributed by atoms with Crippen LogP contribution in [0.1, 0.15) is 30.0 Å². The predicted molar refractivity (Wildman–Crippen MR) is 124 cm³/mol. The topological polar surface area (TPSA) is 46.9 Å². The number of aryl methyl sites for hydroxylation is 1. The van der Waals surface area contributed by atoms with Crippen LogP contribution in [0.15, 0.2) is 84.2 Å². The molecule has 2 heterocycles. The molecule has 0 aliphatic rings. The van der Waals surface area contributed by atoms with E-state index >= 15 is 0 Å². The Kier molecular flexibility index (Phi) is 5.42. The molecule has 5 heteroatoms. The summed E-state index contributed by atoms with van der Waals surface area (Å²) in [6, 6.07) is 22.7. The van der Waals surface area contributed by atoms with Gasteiger partial charge in [-0.1, -0.05) is 54.6 Å². The van der Waals surface area contributed by atoms with Gasteiger partial charge in [-0.25, -0.2) is 0 Å². The fourth-order valence-corrected chi connectivity index (χ4v) is 3.88. The molecule has 2 aromatic heterocycles. The highest BCUT2D eigenvalue weighted by atomic mass is 35.5. The molecule has 1 N–H and O–H groups in total. The molecule has 4 nitrogen and oxygen atoms in total. The third-order valence-corrected chi connectivity index (χ3v) is 5.39. The van der Waals surface area contributed by atoms with Crippen LogP contribution in [0.3, 0.4) is 0 Å². The first-order valence-corrected chi connectivity index (χ1v) is 10.1. The van der Waals surface area contributed by atoms with Gasteiger partial charge >= 0.3 is 0 Å². The second kappa shape index (κ2) is 8.17. The minimum Gasteiger partial charge on any atom is -0.376 e. The maximum Gasteiger partial charge on any atom is 0.264 e. The zero-order valence-electron chi connectivity index (χ0n) is 16.9. The van der Waals surface area contributed by atoms with Crippen molar-refractivity contribution in [2.24, 2.45) is 0 Å². The Labute approximate surface area is 180 Å². The van der Waals surface area contributed by atoms with E-state index in [2.05, 4.69) is 16.9 Å². The van der Waals surface area contributed by atoms with Crippen molar-refractivity contribution in [1.29, 1.82) is 0 Å². The second-order valence-electron chi connectivity index (χ2n) is 7.26. The van der Waals surface area contributed by atoms with Crippen molar-refractivity contribution >= 4 is 28.1 Å². The maximum atomic E-state index is 13.5. The van der Waals surface area contributed by atoms with Crippen molar-refractivity contribution in [1.82, 2.24) is 14.9 Å². The molecule has 0 saturated heterocycles. The van der Waals surface area contributed by atoms with E-state index in [9.17, 15) is 4.79 Å². The summed E-state index contributed by atoms with van der Waals surface area (Å²) in [5.74, 6) is 0. The van der Waals surface area contributed by atoms with E-state index in [-0.39, 0.29) is 11.6 Å². The summed E-state index contributed by atoms with van der Waals surface area (Å²) in [4.78, 5) is 18.0. The Hall–Kier alpha value is -3.37. The molecule has 0 spiro atoms. The quantitative estimate of drug-likeness (QED) is 0.457. The van der Waals surface area contributed by atoms with Gasteiger partial charge in [-0.15, -0.1) is 0 Å². The Morgan fingerprint density at radius 1 is 1.07 bits per heavy atom. The normalized spacial score (nSPS) is 12.0. The Bertz CT molecular complexity index is 1300. The highest BCUT2D eigenvalue weighted by Gasteiger charge is 2.18. The third-order valence-electron chi connectivity index (χ3n) is 5.07. The molecule has 0 saturated carbocycles. The number of para-hydroxylation sites is 1. The van der Waals surface area contributed by atoms with E-state index in [4.69, 9.17) is 11.6 Å². The summed E-state index contributed by atoms with van der Waals surface area (Å²) >= 11 is 6.38. The minimum absolute atomic E-state index is 0.146. The summed E-state index contributed by atoms with van der Waals surface area (Å²) in [6.45, 7) is 8.10. The molecular formula is C25H22ClN3O. The van der Waals surface area contributed by atoms with E-state index in [1.807, 2.05) is 80.6 Å². The fraction of sp³-hybridized carbons (Fsp3) is 0.120. The molecule has 4 aromatic rings. The Morgan fingerprint density at radius 2 is 1.80 bits per heavy atom. The molecule has 0 unspecified atom stereocenters. The molecule has 0 radical (unpaired) electrons. The summed E-state index contributed by atoms with van der Waals surface area (Å²) in [7, 11) is 0. The van der Waals surface area contributed by atoms with E-state index in [1.54, 1.807) is 10.6 Å². The molecule has 1 atom stereocenters. The zero-order valence-corrected chi connectivity index (χ0v) is 17.6. The fourth-order valence-electron chi connectivity index (χ4n) is 3.62. The van der Waals surface area contributed by atoms with Gasteiger partial charge < -0.3 is 5.32 Å². The first kappa shape index (κ1) is 19.9. The van der Waals surface area contributed by atoms with Crippen LogP contribution in [0, 0.1) is 6.92 Å². The van der Waals surface area contributed by atoms with E-state index in [0.29, 0.717) is 16.1 Å². The molecule has 0 aliphatic carbocycles. The van der Waals surface area contributed by atoms with Crippen LogP contribution in [-0.2, 0) is 0 Å². The predicted octanol–water partition coefficient (Wildman–Crippen LogP) is 5.67. The lowest BCUT2D eigenvalue weighted by Crippen LogP contribution is -2.28. The first-order chi connectivity index (χ1) is 14.5. The maximum absolute atomic E-state index is 13.5. The number of hydrogen-bond acceptors (Lipinski definition) is 3. The second-order valence-corrected chi connectivity index (χ2v) is 7.67. The van der Waals surface area contributed by atoms with Crippen LogP contribution in [0.4, 0.5) is 0 Å². The molecule has 0 amide bonds. The molecule has 0 fully saturated rings. The number of rotatable bonds is 5. The van der Waals surface area contributed by atoms with E-state index in [1.165, 1.54) is 0 Å². The van der Waals surface area contributed by atoms with Crippen LogP contribution < -0.4 is 10.9 Å². The average molecular weight is 416 g/mol. The Morgan fingerprint density at radius 3 is 2.53 bits per heavy atom. The van der Waals surface area contributed by atoms with Gasteiger partial charge in [0.05, 0.1) is 27.8 Å². The van der Waals surface area contributed by atoms with Crippen molar-refractivity contribution in [2.45, 2.75) is 19.9 Å². The minimum atomic E-state index is -0.198. The van der Waals surface area contributed by atoms with Gasteiger partial charge in [-0.3, -0.25) is 14.3 Å². The molecule has 4 rings (SSSR count). The third kappa shape index (κ3) is 3.74. The SMILES string of the molecule is C=C(N[C@@H](C)c1cc2cccc(Cl)c2c(=O)n1-c1ccccc1)c1cccc(C)n1. The summed E-state index contributed by atoms with van der Waals surface area (Å²) in [6.07, 6.45) is 0. The number of hydrogen-bond donors (Lipinski definition) is 1. The van der Waals surface area contributed by atoms with Crippen LogP contribution in [-0.4, -0.2) is 9.55 Å². The lowest BCUT2D eigenvalue weighted by Gasteiger charge is -2.23. The lowest BCUT2D eigenvalue weighted by atomic mass is 10.1. The molecule has 150 valence electrons. The van der Waals surface area contributed by atoms with Crippen LogP contribution in [0.2, 0.25) is 5.02 Å². The van der Waals surface area contributed by atoms with Gasteiger partial charge in [-0.05, 0) is 55.6 Å². The van der Waals surface area contributed by atoms with Gasteiger partial charge in [0, 0.05) is 17.1 Å². The van der Waals surface area contributed by atoms with Crippen molar-refractivity contribution in [2.75, 3.05) is 0 Å². The number of fused-ring (bicyclic) bond motifs is 1. The number of aromatic nitrogens is 2. The molecule has 2 aromatic carbocycles. The van der Waals surface area contributed by atoms with E-state index in [0.717, 1.165) is 28.2 Å². The number of nitrogens with zero attached hydrogens (tertiary/aromatic N) is 2. The monoisotopic (exact) mass is 415 g/mol. The highest BCUT2D eigenvalue weighted by Crippen LogP contribution is 2.26. The molecular weight excluding hydrogens is 394 g/mol. The van der Waals surface area contributed by atoms with Crippen molar-refractivity contribution in [3.63, 3.8) is 0 Å². The largest absolute Gasteiger partial charge is 0.376 e. The first-order valence-electron chi connectivity index (χ1n) is 9.75. The van der Waals surface area contributed by atoms with Gasteiger partial charge in [-0.2, -0.15) is 0 Å². The summed E-state index contributed by atoms with van der Waals surface area (Å²) < 4.78 is 1.71. The van der Waals surface area contributed by atoms with E-state index < -0.39 is 0 Å². The van der Waals surface area contributed by atoms with Crippen molar-refractivity contribution in [3.05, 3.63) is 112 Å². The van der Waals surface area contributed by atoms with Gasteiger partial charge in [0.2, 0.25) is 0 Å². The Balaban J connectivity index is 1.85. The van der Waals surface area contributed by atoms with Crippen LogP contribution in [0.25, 0.3) is 22.2 Å². The summed E-state index contributed by atoms with van der Waals surface area (Å²) in [5.41, 5.74) is 3.85. The molecule has 0 bridgehead atoms. The zero-order chi connectivity index (χ0) is 21.3. The summed E-state index contributed by atoms with van der Waals surface area (Å²) in [5, 5.41) is 5.17. The van der Waals surface area contributed by atoms with Gasteiger partial charge in [0.25, 0.3) is 5.56 Å². The number of nitrogens with one attached hydrogen (secondary N) is 1. The molecule has 30 heavy (non-hydrogen) atoms. The average Bonchev–Trinajstić information content (AvgIpc) is 2.74. The van der Waals surface area contributed by atoms with Crippen LogP contribution >= 0.6 is 11.6 Å². The van der Waals surface area contributed by atoms with Crippen molar-refractivity contribution in [3.8, 4) is 5.69 Å². The number of halogens is 1. The van der Waals surface area contributed by atoms with Gasteiger partial charge in [0.15, 0.2) is 0 Å². The standard InChI is InChI=1S/C25H22ClN3O/c1-16-9-7-14-22(27-16)17(2)28-18(3)23-15-19-10-8-13-21(26)24(19)25(30)29(23)20-11-5-4-6-12-20/h4-15,18,28H,2H2,1,3H3/t18-/m0/s1. The smallest absolute Gasteiger partial charge is 0.264 e. The number of pyridine rings is 2. The highest BCUT2D eigenvalue weighted by molar-refractivity contribution is 6.35.